The van der Waals surface area contributed by atoms with Crippen LogP contribution in [0.2, 0.25) is 0 Å². The predicted molar refractivity (Wildman–Crippen MR) is 111 cm³/mol. The monoisotopic (exact) mass is 372 g/mol. The third-order valence-electron chi connectivity index (χ3n) is 7.02. The average molecular weight is 373 g/mol. The highest BCUT2D eigenvalue weighted by atomic mass is 16.6. The Morgan fingerprint density at radius 2 is 1.96 bits per heavy atom. The number of benzene rings is 1. The zero-order valence-corrected chi connectivity index (χ0v) is 17.2. The van der Waals surface area contributed by atoms with E-state index in [-0.39, 0.29) is 5.41 Å². The lowest BCUT2D eigenvalue weighted by Crippen LogP contribution is -2.49. The molecule has 0 aliphatic heterocycles. The van der Waals surface area contributed by atoms with Crippen molar-refractivity contribution in [2.45, 2.75) is 63.4 Å². The van der Waals surface area contributed by atoms with Gasteiger partial charge in [0.05, 0.1) is 5.60 Å². The Labute approximate surface area is 164 Å². The Kier molecular flexibility index (Phi) is 6.59. The van der Waals surface area contributed by atoms with Crippen molar-refractivity contribution in [3.8, 4) is 0 Å². The molecule has 2 aliphatic carbocycles. The van der Waals surface area contributed by atoms with E-state index in [0.29, 0.717) is 18.4 Å². The molecule has 0 heterocycles. The van der Waals surface area contributed by atoms with E-state index in [1.807, 2.05) is 6.21 Å². The van der Waals surface area contributed by atoms with E-state index in [1.165, 1.54) is 5.56 Å². The van der Waals surface area contributed by atoms with Gasteiger partial charge in [0.15, 0.2) is 0 Å². The fourth-order valence-corrected chi connectivity index (χ4v) is 5.09. The largest absolute Gasteiger partial charge is 0.396 e. The van der Waals surface area contributed by atoms with Crippen LogP contribution in [0.25, 0.3) is 0 Å². The van der Waals surface area contributed by atoms with Crippen LogP contribution in [0.5, 0.6) is 0 Å². The summed E-state index contributed by atoms with van der Waals surface area (Å²) in [6.07, 6.45) is 9.05. The molecule has 0 radical (unpaired) electrons. The van der Waals surface area contributed by atoms with Gasteiger partial charge in [-0.1, -0.05) is 42.4 Å². The van der Waals surface area contributed by atoms with Crippen LogP contribution in [-0.4, -0.2) is 49.1 Å². The molecular formula is C23H36N2O2. The van der Waals surface area contributed by atoms with Gasteiger partial charge in [0.1, 0.15) is 6.61 Å². The summed E-state index contributed by atoms with van der Waals surface area (Å²) in [5.74, 6) is 0.772. The van der Waals surface area contributed by atoms with Gasteiger partial charge in [0.25, 0.3) is 0 Å². The lowest BCUT2D eigenvalue weighted by Gasteiger charge is -2.48. The van der Waals surface area contributed by atoms with Crippen LogP contribution in [0.15, 0.2) is 35.5 Å². The molecule has 4 nitrogen and oxygen atoms in total. The van der Waals surface area contributed by atoms with Crippen LogP contribution in [0, 0.1) is 11.3 Å². The summed E-state index contributed by atoms with van der Waals surface area (Å²) in [7, 11) is 4.18. The topological polar surface area (TPSA) is 45.1 Å². The summed E-state index contributed by atoms with van der Waals surface area (Å²) < 4.78 is 0. The Morgan fingerprint density at radius 3 is 2.70 bits per heavy atom. The van der Waals surface area contributed by atoms with Gasteiger partial charge in [-0.05, 0) is 77.1 Å². The maximum Gasteiger partial charge on any atom is 0.117 e. The highest BCUT2D eigenvalue weighted by Gasteiger charge is 2.58. The molecule has 0 bridgehead atoms. The number of hydrogen-bond acceptors (Lipinski definition) is 4. The maximum atomic E-state index is 11.5. The van der Waals surface area contributed by atoms with E-state index >= 15 is 0 Å². The normalized spacial score (nSPS) is 33.5. The van der Waals surface area contributed by atoms with E-state index in [9.17, 15) is 5.11 Å². The Balaban J connectivity index is 1.53. The van der Waals surface area contributed by atoms with Crippen molar-refractivity contribution in [2.24, 2.45) is 16.5 Å². The van der Waals surface area contributed by atoms with E-state index in [4.69, 9.17) is 4.84 Å². The number of aliphatic hydroxyl groups is 1. The van der Waals surface area contributed by atoms with Gasteiger partial charge in [0, 0.05) is 17.5 Å². The minimum Gasteiger partial charge on any atom is -0.396 e. The Bertz CT molecular complexity index is 618. The second-order valence-electron chi connectivity index (χ2n) is 9.04. The first-order valence-corrected chi connectivity index (χ1v) is 10.5. The second-order valence-corrected chi connectivity index (χ2v) is 9.04. The van der Waals surface area contributed by atoms with Gasteiger partial charge in [-0.25, -0.2) is 0 Å². The fraction of sp³-hybridized carbons (Fsp3) is 0.696. The van der Waals surface area contributed by atoms with Gasteiger partial charge in [-0.15, -0.1) is 0 Å². The highest BCUT2D eigenvalue weighted by Crippen LogP contribution is 2.60. The highest BCUT2D eigenvalue weighted by molar-refractivity contribution is 5.62. The molecule has 1 N–H and O–H groups in total. The molecule has 1 aromatic rings. The lowest BCUT2D eigenvalue weighted by molar-refractivity contribution is -0.0959. The van der Waals surface area contributed by atoms with E-state index in [0.717, 1.165) is 51.5 Å². The predicted octanol–water partition coefficient (Wildman–Crippen LogP) is 4.45. The van der Waals surface area contributed by atoms with Crippen molar-refractivity contribution < 1.29 is 9.94 Å². The first-order chi connectivity index (χ1) is 12.9. The van der Waals surface area contributed by atoms with Gasteiger partial charge >= 0.3 is 0 Å². The van der Waals surface area contributed by atoms with Gasteiger partial charge < -0.3 is 14.8 Å². The maximum absolute atomic E-state index is 11.5. The quantitative estimate of drug-likeness (QED) is 0.417. The zero-order valence-electron chi connectivity index (χ0n) is 17.2. The molecule has 0 amide bonds. The first-order valence-electron chi connectivity index (χ1n) is 10.5. The van der Waals surface area contributed by atoms with Crippen LogP contribution in [0.3, 0.4) is 0 Å². The molecule has 0 spiro atoms. The minimum absolute atomic E-state index is 0.0872. The summed E-state index contributed by atoms with van der Waals surface area (Å²) in [5.41, 5.74) is 0.690. The van der Waals surface area contributed by atoms with E-state index in [2.05, 4.69) is 61.4 Å². The zero-order chi connectivity index (χ0) is 19.3. The smallest absolute Gasteiger partial charge is 0.117 e. The summed E-state index contributed by atoms with van der Waals surface area (Å²) in [6, 6.07) is 10.7. The van der Waals surface area contributed by atoms with Crippen LogP contribution in [-0.2, 0) is 4.84 Å². The fourth-order valence-electron chi connectivity index (χ4n) is 5.09. The molecule has 4 heteroatoms. The minimum atomic E-state index is -0.589. The molecule has 4 atom stereocenters. The van der Waals surface area contributed by atoms with Crippen LogP contribution in [0.1, 0.15) is 63.4 Å². The molecule has 150 valence electrons. The third kappa shape index (κ3) is 4.55. The molecule has 0 saturated heterocycles. The SMILES string of the molecule is CN(C)CCCCO/N=C/[C@H]1CC[C@]2(O)C[C@@H](c3ccccc3)CC[C@]12C. The van der Waals surface area contributed by atoms with Crippen molar-refractivity contribution in [3.63, 3.8) is 0 Å². The van der Waals surface area contributed by atoms with Crippen LogP contribution >= 0.6 is 0 Å². The number of hydrogen-bond donors (Lipinski definition) is 1. The first kappa shape index (κ1) is 20.3. The van der Waals surface area contributed by atoms with E-state index < -0.39 is 5.60 Å². The summed E-state index contributed by atoms with van der Waals surface area (Å²) in [4.78, 5) is 7.68. The van der Waals surface area contributed by atoms with Crippen LogP contribution in [0.4, 0.5) is 0 Å². The molecule has 0 unspecified atom stereocenters. The van der Waals surface area contributed by atoms with Crippen molar-refractivity contribution in [1.29, 1.82) is 0 Å². The molecule has 1 aromatic carbocycles. The Morgan fingerprint density at radius 1 is 1.19 bits per heavy atom. The van der Waals surface area contributed by atoms with Crippen molar-refractivity contribution in [2.75, 3.05) is 27.2 Å². The summed E-state index contributed by atoms with van der Waals surface area (Å²) in [5, 5.41) is 15.8. The van der Waals surface area contributed by atoms with Crippen LogP contribution < -0.4 is 0 Å². The molecule has 3 rings (SSSR count). The van der Waals surface area contributed by atoms with E-state index in [1.54, 1.807) is 0 Å². The number of unbranched alkanes of at least 4 members (excludes halogenated alkanes) is 1. The molecular weight excluding hydrogens is 336 g/mol. The second kappa shape index (κ2) is 8.74. The number of oxime groups is 1. The molecule has 2 aliphatic rings. The van der Waals surface area contributed by atoms with Crippen molar-refractivity contribution in [3.05, 3.63) is 35.9 Å². The summed E-state index contributed by atoms with van der Waals surface area (Å²) >= 11 is 0. The molecule has 27 heavy (non-hydrogen) atoms. The molecule has 2 fully saturated rings. The number of fused-ring (bicyclic) bond motifs is 1. The van der Waals surface area contributed by atoms with Gasteiger partial charge in [0.2, 0.25) is 0 Å². The third-order valence-corrected chi connectivity index (χ3v) is 7.02. The number of nitrogens with zero attached hydrogens (tertiary/aromatic N) is 2. The van der Waals surface area contributed by atoms with Gasteiger partial charge in [-0.2, -0.15) is 0 Å². The molecule has 2 saturated carbocycles. The van der Waals surface area contributed by atoms with Crippen molar-refractivity contribution in [1.82, 2.24) is 4.90 Å². The summed E-state index contributed by atoms with van der Waals surface area (Å²) in [6.45, 7) is 4.02. The van der Waals surface area contributed by atoms with Gasteiger partial charge in [-0.3, -0.25) is 0 Å². The Hall–Kier alpha value is -1.39. The van der Waals surface area contributed by atoms with Crippen molar-refractivity contribution >= 4 is 6.21 Å². The lowest BCUT2D eigenvalue weighted by atomic mass is 9.59. The molecule has 0 aromatic heterocycles. The standard InChI is InChI=1S/C23H36N2O2/c1-22-13-11-20(19-9-5-4-6-10-19)17-23(22,26)14-12-21(22)18-24-27-16-8-7-15-25(2)3/h4-6,9-10,18,20-21,26H,7-8,11-17H2,1-3H3/b24-18+/t20-,21+,22+,23-/m0/s1. The number of rotatable bonds is 8. The average Bonchev–Trinajstić information content (AvgIpc) is 2.92.